The molecule has 0 amide bonds. The van der Waals surface area contributed by atoms with Crippen LogP contribution in [0, 0.1) is 5.41 Å². The zero-order valence-electron chi connectivity index (χ0n) is 8.72. The van der Waals surface area contributed by atoms with Crippen LogP contribution >= 0.6 is 27.7 Å². The Balaban J connectivity index is 2.24. The number of nitrogens with zero attached hydrogens (tertiary/aromatic N) is 2. The van der Waals surface area contributed by atoms with Crippen LogP contribution in [-0.2, 0) is 0 Å². The summed E-state index contributed by atoms with van der Waals surface area (Å²) >= 11 is 4.90. The van der Waals surface area contributed by atoms with Gasteiger partial charge in [-0.25, -0.2) is 4.98 Å². The van der Waals surface area contributed by atoms with Gasteiger partial charge >= 0.3 is 0 Å². The molecule has 0 fully saturated rings. The second-order valence-electron chi connectivity index (χ2n) is 3.20. The molecular weight excluding hydrogens is 300 g/mol. The molecule has 0 saturated carbocycles. The van der Waals surface area contributed by atoms with Crippen molar-refractivity contribution in [1.82, 2.24) is 9.97 Å². The second-order valence-corrected chi connectivity index (χ2v) is 5.15. The van der Waals surface area contributed by atoms with Crippen LogP contribution in [0.4, 0.5) is 0 Å². The van der Waals surface area contributed by atoms with Crippen molar-refractivity contribution in [2.75, 3.05) is 0 Å². The van der Waals surface area contributed by atoms with E-state index in [1.807, 2.05) is 18.2 Å². The molecule has 0 aliphatic heterocycles. The van der Waals surface area contributed by atoms with Crippen LogP contribution in [0.1, 0.15) is 5.56 Å². The van der Waals surface area contributed by atoms with Crippen LogP contribution in [0.2, 0.25) is 0 Å². The molecule has 0 aliphatic rings. The first-order valence-corrected chi connectivity index (χ1v) is 6.35. The van der Waals surface area contributed by atoms with Gasteiger partial charge in [-0.3, -0.25) is 10.4 Å². The number of aromatic nitrogens is 2. The van der Waals surface area contributed by atoms with Gasteiger partial charge in [0.25, 0.3) is 0 Å². The first-order valence-electron chi connectivity index (χ1n) is 4.74. The smallest absolute Gasteiger partial charge is 0.123 e. The molecule has 0 bridgehead atoms. The number of rotatable bonds is 3. The Kier molecular flexibility index (Phi) is 3.75. The van der Waals surface area contributed by atoms with E-state index < -0.39 is 0 Å². The molecule has 6 heteroatoms. The summed E-state index contributed by atoms with van der Waals surface area (Å²) in [7, 11) is 0. The Morgan fingerprint density at radius 2 is 2.18 bits per heavy atom. The highest BCUT2D eigenvalue weighted by molar-refractivity contribution is 9.10. The van der Waals surface area contributed by atoms with Gasteiger partial charge in [-0.2, -0.15) is 0 Å². The summed E-state index contributed by atoms with van der Waals surface area (Å²) in [5, 5.41) is 8.22. The van der Waals surface area contributed by atoms with Crippen molar-refractivity contribution >= 4 is 33.5 Å². The summed E-state index contributed by atoms with van der Waals surface area (Å²) in [6, 6.07) is 5.63. The molecule has 86 valence electrons. The average Bonchev–Trinajstić information content (AvgIpc) is 2.30. The Hall–Kier alpha value is -1.40. The molecule has 17 heavy (non-hydrogen) atoms. The van der Waals surface area contributed by atoms with E-state index in [9.17, 15) is 0 Å². The van der Waals surface area contributed by atoms with Crippen molar-refractivity contribution in [3.8, 4) is 0 Å². The lowest BCUT2D eigenvalue weighted by Gasteiger charge is -2.05. The maximum atomic E-state index is 7.39. The SMILES string of the molecule is N=C(N)c1ccc(Sc2cnccn2)cc1Br. The van der Waals surface area contributed by atoms with Gasteiger partial charge in [-0.05, 0) is 34.1 Å². The van der Waals surface area contributed by atoms with Crippen molar-refractivity contribution in [3.63, 3.8) is 0 Å². The van der Waals surface area contributed by atoms with Crippen molar-refractivity contribution in [1.29, 1.82) is 5.41 Å². The first-order chi connectivity index (χ1) is 8.16. The van der Waals surface area contributed by atoms with E-state index in [1.54, 1.807) is 18.6 Å². The molecule has 0 aliphatic carbocycles. The number of hydrogen-bond donors (Lipinski definition) is 2. The molecule has 2 aromatic rings. The van der Waals surface area contributed by atoms with Crippen LogP contribution in [-0.4, -0.2) is 15.8 Å². The fourth-order valence-corrected chi connectivity index (χ4v) is 2.76. The number of nitrogens with two attached hydrogens (primary N) is 1. The summed E-state index contributed by atoms with van der Waals surface area (Å²) in [5.74, 6) is 0.0490. The Morgan fingerprint density at radius 1 is 1.35 bits per heavy atom. The van der Waals surface area contributed by atoms with Gasteiger partial charge in [0.2, 0.25) is 0 Å². The molecule has 3 N–H and O–H groups in total. The lowest BCUT2D eigenvalue weighted by atomic mass is 10.2. The van der Waals surface area contributed by atoms with Gasteiger partial charge in [0.15, 0.2) is 0 Å². The van der Waals surface area contributed by atoms with Crippen LogP contribution in [0.3, 0.4) is 0 Å². The summed E-state index contributed by atoms with van der Waals surface area (Å²) in [6.45, 7) is 0. The summed E-state index contributed by atoms with van der Waals surface area (Å²) in [4.78, 5) is 9.20. The Labute approximate surface area is 111 Å². The van der Waals surface area contributed by atoms with E-state index >= 15 is 0 Å². The molecule has 0 atom stereocenters. The van der Waals surface area contributed by atoms with Crippen molar-refractivity contribution in [2.24, 2.45) is 5.73 Å². The van der Waals surface area contributed by atoms with E-state index in [1.165, 1.54) is 11.8 Å². The minimum atomic E-state index is 0.0490. The van der Waals surface area contributed by atoms with E-state index in [2.05, 4.69) is 25.9 Å². The largest absolute Gasteiger partial charge is 0.384 e. The molecule has 0 radical (unpaired) electrons. The predicted molar refractivity (Wildman–Crippen MR) is 71.3 cm³/mol. The van der Waals surface area contributed by atoms with Crippen LogP contribution in [0.25, 0.3) is 0 Å². The highest BCUT2D eigenvalue weighted by Gasteiger charge is 2.05. The van der Waals surface area contributed by atoms with E-state index in [4.69, 9.17) is 11.1 Å². The van der Waals surface area contributed by atoms with Crippen LogP contribution < -0.4 is 5.73 Å². The Morgan fingerprint density at radius 3 is 2.76 bits per heavy atom. The molecule has 1 aromatic carbocycles. The monoisotopic (exact) mass is 308 g/mol. The van der Waals surface area contributed by atoms with Crippen molar-refractivity contribution in [3.05, 3.63) is 46.8 Å². The maximum Gasteiger partial charge on any atom is 0.123 e. The topological polar surface area (TPSA) is 75.7 Å². The first kappa shape index (κ1) is 12.1. The highest BCUT2D eigenvalue weighted by atomic mass is 79.9. The molecule has 4 nitrogen and oxygen atoms in total. The van der Waals surface area contributed by atoms with E-state index in [0.29, 0.717) is 5.56 Å². The number of hydrogen-bond acceptors (Lipinski definition) is 4. The molecular formula is C11H9BrN4S. The number of nitrogens with one attached hydrogen (secondary N) is 1. The standard InChI is InChI=1S/C11H9BrN4S/c12-9-5-7(1-2-8(9)11(13)14)17-10-6-15-3-4-16-10/h1-6H,(H3,13,14). The number of halogens is 1. The fraction of sp³-hybridized carbons (Fsp3) is 0. The van der Waals surface area contributed by atoms with Crippen molar-refractivity contribution in [2.45, 2.75) is 9.92 Å². The molecule has 0 saturated heterocycles. The van der Waals surface area contributed by atoms with Gasteiger partial charge in [0.05, 0.1) is 6.20 Å². The zero-order valence-corrected chi connectivity index (χ0v) is 11.1. The van der Waals surface area contributed by atoms with Crippen LogP contribution in [0.15, 0.2) is 51.2 Å². The van der Waals surface area contributed by atoms with Gasteiger partial charge in [-0.15, -0.1) is 0 Å². The van der Waals surface area contributed by atoms with Gasteiger partial charge in [0, 0.05) is 27.3 Å². The maximum absolute atomic E-state index is 7.39. The number of benzene rings is 1. The fourth-order valence-electron chi connectivity index (χ4n) is 1.24. The van der Waals surface area contributed by atoms with Gasteiger partial charge < -0.3 is 5.73 Å². The second kappa shape index (κ2) is 5.29. The quantitative estimate of drug-likeness (QED) is 0.675. The molecule has 0 unspecified atom stereocenters. The minimum Gasteiger partial charge on any atom is -0.384 e. The van der Waals surface area contributed by atoms with E-state index in [-0.39, 0.29) is 5.84 Å². The van der Waals surface area contributed by atoms with Gasteiger partial charge in [-0.1, -0.05) is 11.8 Å². The van der Waals surface area contributed by atoms with Crippen molar-refractivity contribution < 1.29 is 0 Å². The number of amidine groups is 1. The molecule has 0 spiro atoms. The predicted octanol–water partition coefficient (Wildman–Crippen LogP) is 2.67. The van der Waals surface area contributed by atoms with Gasteiger partial charge in [0.1, 0.15) is 10.9 Å². The van der Waals surface area contributed by atoms with Crippen LogP contribution in [0.5, 0.6) is 0 Å². The third kappa shape index (κ3) is 3.04. The molecule has 1 aromatic heterocycles. The lowest BCUT2D eigenvalue weighted by molar-refractivity contribution is 1.05. The lowest BCUT2D eigenvalue weighted by Crippen LogP contribution is -2.11. The average molecular weight is 309 g/mol. The Bertz CT molecular complexity index is 544. The molecule has 1 heterocycles. The number of nitrogen functional groups attached to an aromatic ring is 1. The molecule has 2 rings (SSSR count). The third-order valence-corrected chi connectivity index (χ3v) is 3.56. The summed E-state index contributed by atoms with van der Waals surface area (Å²) in [5.41, 5.74) is 6.13. The van der Waals surface area contributed by atoms with E-state index in [0.717, 1.165) is 14.4 Å². The zero-order chi connectivity index (χ0) is 12.3. The minimum absolute atomic E-state index is 0.0490. The third-order valence-electron chi connectivity index (χ3n) is 1.99. The normalized spacial score (nSPS) is 10.2. The highest BCUT2D eigenvalue weighted by Crippen LogP contribution is 2.29. The summed E-state index contributed by atoms with van der Waals surface area (Å²) in [6.07, 6.45) is 5.00. The summed E-state index contributed by atoms with van der Waals surface area (Å²) < 4.78 is 0.805.